The van der Waals surface area contributed by atoms with Gasteiger partial charge in [0.2, 0.25) is 0 Å². The van der Waals surface area contributed by atoms with E-state index >= 15 is 0 Å². The van der Waals surface area contributed by atoms with Crippen molar-refractivity contribution in [1.82, 2.24) is 4.98 Å². The smallest absolute Gasteiger partial charge is 0.170 e. The second kappa shape index (κ2) is 3.91. The summed E-state index contributed by atoms with van der Waals surface area (Å²) < 4.78 is 0. The van der Waals surface area contributed by atoms with Gasteiger partial charge in [0, 0.05) is 22.9 Å². The molecule has 0 unspecified atom stereocenters. The minimum absolute atomic E-state index is 0.0221. The second-order valence-electron chi connectivity index (χ2n) is 7.22. The molecule has 0 spiro atoms. The molecule has 0 aliphatic heterocycles. The van der Waals surface area contributed by atoms with E-state index in [9.17, 15) is 4.79 Å². The van der Waals surface area contributed by atoms with E-state index in [2.05, 4.69) is 4.98 Å². The van der Waals surface area contributed by atoms with Crippen LogP contribution in [0.15, 0.2) is 18.3 Å². The first kappa shape index (κ1) is 11.6. The summed E-state index contributed by atoms with van der Waals surface area (Å²) in [4.78, 5) is 17.3. The third-order valence-electron chi connectivity index (χ3n) is 5.69. The first-order valence-corrected chi connectivity index (χ1v) is 7.62. The Morgan fingerprint density at radius 2 is 1.68 bits per heavy atom. The number of Topliss-reactive ketones (excluding diaryl/α,β-unsaturated/α-hetero) is 1. The fourth-order valence-electron chi connectivity index (χ4n) is 5.30. The van der Waals surface area contributed by atoms with Crippen LogP contribution in [0.4, 0.5) is 0 Å². The van der Waals surface area contributed by atoms with Gasteiger partial charge in [-0.3, -0.25) is 9.78 Å². The normalized spacial score (nSPS) is 39.5. The lowest BCUT2D eigenvalue weighted by Gasteiger charge is -2.55. The highest BCUT2D eigenvalue weighted by Crippen LogP contribution is 2.60. The van der Waals surface area contributed by atoms with Gasteiger partial charge in [-0.25, -0.2) is 0 Å². The van der Waals surface area contributed by atoms with Crippen LogP contribution in [0, 0.1) is 30.1 Å². The fraction of sp³-hybridized carbons (Fsp3) is 0.647. The molecule has 2 nitrogen and oxygen atoms in total. The molecule has 1 heterocycles. The minimum Gasteiger partial charge on any atom is -0.293 e. The Kier molecular flexibility index (Phi) is 2.39. The summed E-state index contributed by atoms with van der Waals surface area (Å²) in [6.45, 7) is 1.97. The molecule has 0 radical (unpaired) electrons. The van der Waals surface area contributed by atoms with Gasteiger partial charge in [-0.2, -0.15) is 0 Å². The molecular weight excluding hydrogens is 234 g/mol. The van der Waals surface area contributed by atoms with Crippen molar-refractivity contribution < 1.29 is 4.79 Å². The van der Waals surface area contributed by atoms with Gasteiger partial charge in [-0.05, 0) is 75.3 Å². The van der Waals surface area contributed by atoms with Gasteiger partial charge < -0.3 is 0 Å². The number of aryl methyl sites for hydroxylation is 1. The number of carbonyl (C=O) groups excluding carboxylic acids is 1. The van der Waals surface area contributed by atoms with Crippen molar-refractivity contribution >= 4 is 5.78 Å². The molecule has 1 aromatic rings. The van der Waals surface area contributed by atoms with Gasteiger partial charge in [0.1, 0.15) is 0 Å². The Morgan fingerprint density at radius 3 is 2.16 bits per heavy atom. The van der Waals surface area contributed by atoms with Gasteiger partial charge in [0.25, 0.3) is 0 Å². The average Bonchev–Trinajstić information content (AvgIpc) is 2.37. The highest BCUT2D eigenvalue weighted by atomic mass is 16.1. The fourth-order valence-corrected chi connectivity index (χ4v) is 5.30. The van der Waals surface area contributed by atoms with Crippen molar-refractivity contribution in [3.05, 3.63) is 29.6 Å². The second-order valence-corrected chi connectivity index (χ2v) is 7.22. The largest absolute Gasteiger partial charge is 0.293 e. The van der Waals surface area contributed by atoms with Crippen LogP contribution in [0.5, 0.6) is 0 Å². The molecule has 4 aliphatic rings. The highest BCUT2D eigenvalue weighted by molar-refractivity contribution is 6.00. The van der Waals surface area contributed by atoms with E-state index in [4.69, 9.17) is 0 Å². The molecule has 4 saturated carbocycles. The monoisotopic (exact) mass is 255 g/mol. The molecule has 4 bridgehead atoms. The van der Waals surface area contributed by atoms with Crippen molar-refractivity contribution in [2.45, 2.75) is 45.4 Å². The molecular formula is C17H21NO. The number of nitrogens with zero attached hydrogens (tertiary/aromatic N) is 1. The Morgan fingerprint density at radius 1 is 1.11 bits per heavy atom. The van der Waals surface area contributed by atoms with Crippen LogP contribution in [0.1, 0.15) is 54.6 Å². The molecule has 19 heavy (non-hydrogen) atoms. The molecule has 0 aromatic carbocycles. The van der Waals surface area contributed by atoms with Crippen molar-refractivity contribution in [2.75, 3.05) is 0 Å². The van der Waals surface area contributed by atoms with E-state index in [-0.39, 0.29) is 5.41 Å². The number of hydrogen-bond donors (Lipinski definition) is 0. The Labute approximate surface area is 114 Å². The molecule has 0 atom stereocenters. The number of hydrogen-bond acceptors (Lipinski definition) is 2. The highest BCUT2D eigenvalue weighted by Gasteiger charge is 2.54. The SMILES string of the molecule is Cc1ccc(C(=O)C23CC4CC(CC(C4)C2)C3)cn1. The van der Waals surface area contributed by atoms with E-state index in [1.165, 1.54) is 19.3 Å². The maximum absolute atomic E-state index is 13.0. The summed E-state index contributed by atoms with van der Waals surface area (Å²) in [6, 6.07) is 3.94. The minimum atomic E-state index is -0.0221. The van der Waals surface area contributed by atoms with E-state index in [0.29, 0.717) is 5.78 Å². The number of rotatable bonds is 2. The topological polar surface area (TPSA) is 30.0 Å². The van der Waals surface area contributed by atoms with Crippen molar-refractivity contribution in [1.29, 1.82) is 0 Å². The zero-order valence-corrected chi connectivity index (χ0v) is 11.6. The standard InChI is InChI=1S/C17H21NO/c1-11-2-3-15(10-18-11)16(19)17-7-12-4-13(8-17)6-14(5-12)9-17/h2-3,10,12-14H,4-9H2,1H3. The molecule has 0 saturated heterocycles. The lowest BCUT2D eigenvalue weighted by atomic mass is 9.48. The van der Waals surface area contributed by atoms with Crippen LogP contribution >= 0.6 is 0 Å². The number of carbonyl (C=O) groups is 1. The lowest BCUT2D eigenvalue weighted by Crippen LogP contribution is -2.50. The first-order valence-electron chi connectivity index (χ1n) is 7.62. The summed E-state index contributed by atoms with van der Waals surface area (Å²) in [5.74, 6) is 2.87. The summed E-state index contributed by atoms with van der Waals surface area (Å²) in [5.41, 5.74) is 1.81. The quantitative estimate of drug-likeness (QED) is 0.753. The molecule has 2 heteroatoms. The van der Waals surface area contributed by atoms with Crippen molar-refractivity contribution in [3.8, 4) is 0 Å². The van der Waals surface area contributed by atoms with Crippen LogP contribution in [0.2, 0.25) is 0 Å². The number of aromatic nitrogens is 1. The number of pyridine rings is 1. The van der Waals surface area contributed by atoms with E-state index in [0.717, 1.165) is 48.3 Å². The molecule has 0 amide bonds. The maximum atomic E-state index is 13.0. The van der Waals surface area contributed by atoms with Crippen LogP contribution in [-0.4, -0.2) is 10.8 Å². The Bertz CT molecular complexity index is 481. The third kappa shape index (κ3) is 1.76. The Balaban J connectivity index is 1.68. The van der Waals surface area contributed by atoms with Gasteiger partial charge >= 0.3 is 0 Å². The van der Waals surface area contributed by atoms with Crippen LogP contribution in [-0.2, 0) is 0 Å². The summed E-state index contributed by atoms with van der Waals surface area (Å²) in [5, 5.41) is 0. The maximum Gasteiger partial charge on any atom is 0.170 e. The van der Waals surface area contributed by atoms with E-state index < -0.39 is 0 Å². The zero-order chi connectivity index (χ0) is 13.0. The van der Waals surface area contributed by atoms with E-state index in [1.54, 1.807) is 6.20 Å². The first-order chi connectivity index (χ1) is 9.14. The third-order valence-corrected chi connectivity index (χ3v) is 5.69. The Hall–Kier alpha value is -1.18. The summed E-state index contributed by atoms with van der Waals surface area (Å²) in [7, 11) is 0. The van der Waals surface area contributed by atoms with Gasteiger partial charge in [-0.15, -0.1) is 0 Å². The summed E-state index contributed by atoms with van der Waals surface area (Å²) in [6.07, 6.45) is 9.38. The van der Waals surface area contributed by atoms with Crippen LogP contribution in [0.25, 0.3) is 0 Å². The lowest BCUT2D eigenvalue weighted by molar-refractivity contribution is -0.0353. The molecule has 0 N–H and O–H groups in total. The molecule has 4 fully saturated rings. The molecule has 5 rings (SSSR count). The average molecular weight is 255 g/mol. The zero-order valence-electron chi connectivity index (χ0n) is 11.6. The molecule has 4 aliphatic carbocycles. The van der Waals surface area contributed by atoms with Gasteiger partial charge in [0.15, 0.2) is 5.78 Å². The van der Waals surface area contributed by atoms with Gasteiger partial charge in [-0.1, -0.05) is 0 Å². The molecule has 100 valence electrons. The summed E-state index contributed by atoms with van der Waals surface area (Å²) >= 11 is 0. The van der Waals surface area contributed by atoms with Crippen LogP contribution in [0.3, 0.4) is 0 Å². The van der Waals surface area contributed by atoms with Crippen molar-refractivity contribution in [2.24, 2.45) is 23.2 Å². The van der Waals surface area contributed by atoms with E-state index in [1.807, 2.05) is 19.1 Å². The van der Waals surface area contributed by atoms with Crippen molar-refractivity contribution in [3.63, 3.8) is 0 Å². The van der Waals surface area contributed by atoms with Crippen LogP contribution < -0.4 is 0 Å². The number of ketones is 1. The predicted octanol–water partition coefficient (Wildman–Crippen LogP) is 3.79. The van der Waals surface area contributed by atoms with Gasteiger partial charge in [0.05, 0.1) is 0 Å². The molecule has 1 aromatic heterocycles. The predicted molar refractivity (Wildman–Crippen MR) is 73.9 cm³/mol.